The molecule has 2 atom stereocenters. The Balaban J connectivity index is 1.83. The summed E-state index contributed by atoms with van der Waals surface area (Å²) in [5, 5.41) is 10.4. The summed E-state index contributed by atoms with van der Waals surface area (Å²) in [6.07, 6.45) is 1.76. The molecule has 0 amide bonds. The van der Waals surface area contributed by atoms with Crippen molar-refractivity contribution >= 4 is 6.21 Å². The minimum atomic E-state index is 0.0654. The van der Waals surface area contributed by atoms with E-state index in [-0.39, 0.29) is 17.8 Å². The van der Waals surface area contributed by atoms with Crippen LogP contribution in [-0.4, -0.2) is 50.3 Å². The summed E-state index contributed by atoms with van der Waals surface area (Å²) in [7, 11) is 0. The maximum absolute atomic E-state index is 10.4. The predicted octanol–water partition coefficient (Wildman–Crippen LogP) is 2.25. The molecule has 144 valence electrons. The molecule has 5 nitrogen and oxygen atoms in total. The van der Waals surface area contributed by atoms with Crippen molar-refractivity contribution in [3.05, 3.63) is 59.7 Å². The van der Waals surface area contributed by atoms with E-state index in [4.69, 9.17) is 14.5 Å². The number of aliphatic imine (C=N–C) groups is 1. The summed E-state index contributed by atoms with van der Waals surface area (Å²) in [5.74, 6) is 0.637. The number of rotatable bonds is 7. The van der Waals surface area contributed by atoms with Gasteiger partial charge < -0.3 is 19.5 Å². The van der Waals surface area contributed by atoms with E-state index in [1.807, 2.05) is 25.1 Å². The Morgan fingerprint density at radius 3 is 2.59 bits per heavy atom. The van der Waals surface area contributed by atoms with Gasteiger partial charge in [0.1, 0.15) is 25.2 Å². The monoisotopic (exact) mass is 369 g/mol. The van der Waals surface area contributed by atoms with E-state index in [1.54, 1.807) is 12.3 Å². The van der Waals surface area contributed by atoms with Crippen LogP contribution in [0.1, 0.15) is 31.0 Å². The van der Waals surface area contributed by atoms with Crippen LogP contribution in [0.25, 0.3) is 0 Å². The zero-order valence-electron chi connectivity index (χ0n) is 16.1. The van der Waals surface area contributed by atoms with E-state index in [2.05, 4.69) is 31.2 Å². The Labute approximate surface area is 161 Å². The van der Waals surface area contributed by atoms with E-state index < -0.39 is 0 Å². The third-order valence-corrected chi connectivity index (χ3v) is 4.99. The highest BCUT2D eigenvalue weighted by Gasteiger charge is 2.30. The molecular weight excluding hydrogens is 340 g/mol. The van der Waals surface area contributed by atoms with Gasteiger partial charge in [-0.05, 0) is 26.0 Å². The average molecular weight is 369 g/mol. The van der Waals surface area contributed by atoms with Crippen LogP contribution in [0.2, 0.25) is 0 Å². The number of hydrogen-bond donors (Lipinski definition) is 2. The van der Waals surface area contributed by atoms with Crippen molar-refractivity contribution in [2.45, 2.75) is 25.9 Å². The Kier molecular flexibility index (Phi) is 6.85. The molecule has 1 fully saturated rings. The molecule has 3 rings (SSSR count). The summed E-state index contributed by atoms with van der Waals surface area (Å²) in [5.41, 5.74) is 1.96. The third kappa shape index (κ3) is 4.87. The molecule has 0 bridgehead atoms. The number of morpholine rings is 1. The van der Waals surface area contributed by atoms with Crippen LogP contribution in [0.3, 0.4) is 0 Å². The highest BCUT2D eigenvalue weighted by atomic mass is 16.5. The summed E-state index contributed by atoms with van der Waals surface area (Å²) >= 11 is 0. The lowest BCUT2D eigenvalue weighted by Gasteiger charge is -2.33. The maximum Gasteiger partial charge on any atom is 0.166 e. The van der Waals surface area contributed by atoms with Gasteiger partial charge in [-0.1, -0.05) is 36.4 Å². The fourth-order valence-electron chi connectivity index (χ4n) is 3.66. The number of phenols is 1. The number of quaternary nitrogens is 1. The quantitative estimate of drug-likeness (QED) is 0.736. The zero-order chi connectivity index (χ0) is 19.1. The van der Waals surface area contributed by atoms with Gasteiger partial charge in [0.25, 0.3) is 0 Å². The molecule has 0 unspecified atom stereocenters. The van der Waals surface area contributed by atoms with Crippen molar-refractivity contribution in [1.29, 1.82) is 0 Å². The first-order valence-corrected chi connectivity index (χ1v) is 9.66. The second-order valence-corrected chi connectivity index (χ2v) is 6.80. The summed E-state index contributed by atoms with van der Waals surface area (Å²) < 4.78 is 11.0. The lowest BCUT2D eigenvalue weighted by molar-refractivity contribution is -0.940. The van der Waals surface area contributed by atoms with Gasteiger partial charge >= 0.3 is 0 Å². The van der Waals surface area contributed by atoms with Crippen LogP contribution in [0.4, 0.5) is 0 Å². The lowest BCUT2D eigenvalue weighted by atomic mass is 9.98. The number of aromatic hydroxyl groups is 1. The third-order valence-electron chi connectivity index (χ3n) is 4.99. The lowest BCUT2D eigenvalue weighted by Crippen LogP contribution is -3.15. The minimum absolute atomic E-state index is 0.0654. The van der Waals surface area contributed by atoms with Crippen LogP contribution in [-0.2, 0) is 4.74 Å². The molecule has 2 N–H and O–H groups in total. The second kappa shape index (κ2) is 9.53. The number of ether oxygens (including phenoxy) is 2. The number of nitrogens with one attached hydrogen (secondary N) is 1. The molecule has 2 aromatic carbocycles. The molecule has 0 aliphatic carbocycles. The van der Waals surface area contributed by atoms with Crippen LogP contribution in [0.5, 0.6) is 11.5 Å². The topological polar surface area (TPSA) is 55.5 Å². The van der Waals surface area contributed by atoms with Gasteiger partial charge in [-0.15, -0.1) is 0 Å². The average Bonchev–Trinajstić information content (AvgIpc) is 2.71. The molecular formula is C22H29N2O3+. The first-order valence-electron chi connectivity index (χ1n) is 9.66. The second-order valence-electron chi connectivity index (χ2n) is 6.80. The maximum atomic E-state index is 10.4. The molecule has 0 radical (unpaired) electrons. The molecule has 1 saturated heterocycles. The number of hydrogen-bond acceptors (Lipinski definition) is 4. The molecule has 1 heterocycles. The van der Waals surface area contributed by atoms with Gasteiger partial charge in [-0.2, -0.15) is 0 Å². The van der Waals surface area contributed by atoms with Crippen LogP contribution in [0.15, 0.2) is 53.5 Å². The molecule has 0 saturated carbocycles. The van der Waals surface area contributed by atoms with Gasteiger partial charge in [-0.3, -0.25) is 4.99 Å². The van der Waals surface area contributed by atoms with Crippen molar-refractivity contribution in [2.75, 3.05) is 32.9 Å². The molecule has 5 heteroatoms. The molecule has 0 spiro atoms. The van der Waals surface area contributed by atoms with Crippen molar-refractivity contribution < 1.29 is 19.5 Å². The predicted molar refractivity (Wildman–Crippen MR) is 107 cm³/mol. The Morgan fingerprint density at radius 1 is 1.15 bits per heavy atom. The first-order chi connectivity index (χ1) is 13.2. The summed E-state index contributed by atoms with van der Waals surface area (Å²) in [4.78, 5) is 6.30. The molecule has 0 aromatic heterocycles. The summed E-state index contributed by atoms with van der Waals surface area (Å²) in [6, 6.07) is 16.4. The van der Waals surface area contributed by atoms with Crippen molar-refractivity contribution in [3.8, 4) is 11.5 Å². The van der Waals surface area contributed by atoms with Gasteiger partial charge in [0.05, 0.1) is 19.8 Å². The Morgan fingerprint density at radius 2 is 1.89 bits per heavy atom. The largest absolute Gasteiger partial charge is 0.504 e. The summed E-state index contributed by atoms with van der Waals surface area (Å²) in [6.45, 7) is 8.08. The van der Waals surface area contributed by atoms with Crippen LogP contribution < -0.4 is 9.64 Å². The smallest absolute Gasteiger partial charge is 0.166 e. The number of phenolic OH excluding ortho intramolecular Hbond substituents is 1. The Bertz CT molecular complexity index is 742. The molecule has 27 heavy (non-hydrogen) atoms. The van der Waals surface area contributed by atoms with E-state index in [1.165, 1.54) is 10.5 Å². The van der Waals surface area contributed by atoms with Gasteiger partial charge in [0, 0.05) is 17.3 Å². The standard InChI is InChI=1S/C22H28N2O3/c1-3-27-20-11-7-10-19(22(20)25)16-23-17(2)21(18-8-5-4-6-9-18)24-12-14-26-15-13-24/h4-11,16-17,21,25H,3,12-15H2,1-2H3/p+1/t17-,21+/m1/s1. The van der Waals surface area contributed by atoms with Crippen molar-refractivity contribution in [3.63, 3.8) is 0 Å². The van der Waals surface area contributed by atoms with E-state index in [9.17, 15) is 5.11 Å². The zero-order valence-corrected chi connectivity index (χ0v) is 16.1. The highest BCUT2D eigenvalue weighted by molar-refractivity contribution is 5.84. The fourth-order valence-corrected chi connectivity index (χ4v) is 3.66. The molecule has 2 aromatic rings. The fraction of sp³-hybridized carbons (Fsp3) is 0.409. The molecule has 1 aliphatic rings. The van der Waals surface area contributed by atoms with E-state index in [0.717, 1.165) is 26.3 Å². The first kappa shape index (κ1) is 19.4. The van der Waals surface area contributed by atoms with Crippen molar-refractivity contribution in [2.24, 2.45) is 4.99 Å². The van der Waals surface area contributed by atoms with Crippen LogP contribution >= 0.6 is 0 Å². The Hall–Kier alpha value is -2.37. The van der Waals surface area contributed by atoms with Crippen LogP contribution in [0, 0.1) is 0 Å². The molecule has 1 aliphatic heterocycles. The normalized spacial score (nSPS) is 17.7. The highest BCUT2D eigenvalue weighted by Crippen LogP contribution is 2.29. The minimum Gasteiger partial charge on any atom is -0.504 e. The number of nitrogens with zero attached hydrogens (tertiary/aromatic N) is 1. The number of benzene rings is 2. The van der Waals surface area contributed by atoms with Gasteiger partial charge in [0.15, 0.2) is 11.5 Å². The number of para-hydroxylation sites is 1. The van der Waals surface area contributed by atoms with E-state index in [0.29, 0.717) is 17.9 Å². The van der Waals surface area contributed by atoms with E-state index >= 15 is 0 Å². The SMILES string of the molecule is CCOc1cccc(C=N[C@H](C)[C@@H](c2ccccc2)[NH+]2CCOCC2)c1O. The van der Waals surface area contributed by atoms with Crippen molar-refractivity contribution in [1.82, 2.24) is 0 Å². The van der Waals surface area contributed by atoms with Gasteiger partial charge in [0.2, 0.25) is 0 Å². The van der Waals surface area contributed by atoms with Gasteiger partial charge in [-0.25, -0.2) is 0 Å².